The molecule has 1 aromatic heterocycles. The number of hydrogen-bond donors (Lipinski definition) is 2. The van der Waals surface area contributed by atoms with Crippen molar-refractivity contribution in [2.24, 2.45) is 0 Å². The molecule has 5 nitrogen and oxygen atoms in total. The second-order valence-electron chi connectivity index (χ2n) is 6.21. The number of thiophene rings is 1. The minimum atomic E-state index is -0.234. The Balaban J connectivity index is 1.34. The van der Waals surface area contributed by atoms with Gasteiger partial charge in [-0.2, -0.15) is 11.3 Å². The molecule has 6 heteroatoms. The van der Waals surface area contributed by atoms with Crippen molar-refractivity contribution in [1.29, 1.82) is 0 Å². The predicted octanol–water partition coefficient (Wildman–Crippen LogP) is 3.42. The third-order valence-electron chi connectivity index (χ3n) is 4.10. The van der Waals surface area contributed by atoms with E-state index in [0.717, 1.165) is 16.9 Å². The van der Waals surface area contributed by atoms with Crippen LogP contribution in [-0.4, -0.2) is 24.9 Å². The summed E-state index contributed by atoms with van der Waals surface area (Å²) in [5, 5.41) is 9.00. The van der Waals surface area contributed by atoms with Crippen molar-refractivity contribution >= 4 is 23.2 Å². The number of benzene rings is 2. The average molecular weight is 394 g/mol. The van der Waals surface area contributed by atoms with Crippen molar-refractivity contribution in [2.75, 3.05) is 13.1 Å². The monoisotopic (exact) mass is 394 g/mol. The van der Waals surface area contributed by atoms with E-state index in [1.165, 1.54) is 11.3 Å². The molecule has 1 heterocycles. The summed E-state index contributed by atoms with van der Waals surface area (Å²) in [6.07, 6.45) is 0.711. The molecule has 0 atom stereocenters. The van der Waals surface area contributed by atoms with Crippen LogP contribution in [0.1, 0.15) is 21.5 Å². The summed E-state index contributed by atoms with van der Waals surface area (Å²) in [5.74, 6) is 0.377. The Morgan fingerprint density at radius 3 is 2.39 bits per heavy atom. The summed E-state index contributed by atoms with van der Waals surface area (Å²) in [6.45, 7) is 1.02. The highest BCUT2D eigenvalue weighted by atomic mass is 32.1. The van der Waals surface area contributed by atoms with E-state index in [4.69, 9.17) is 4.74 Å². The first kappa shape index (κ1) is 19.6. The summed E-state index contributed by atoms with van der Waals surface area (Å²) >= 11 is 1.45. The molecule has 28 heavy (non-hydrogen) atoms. The lowest BCUT2D eigenvalue weighted by Crippen LogP contribution is -2.37. The molecular weight excluding hydrogens is 372 g/mol. The number of hydrogen-bond acceptors (Lipinski definition) is 4. The highest BCUT2D eigenvalue weighted by Crippen LogP contribution is 2.14. The van der Waals surface area contributed by atoms with Crippen molar-refractivity contribution in [3.63, 3.8) is 0 Å². The fourth-order valence-electron chi connectivity index (χ4n) is 2.56. The maximum atomic E-state index is 11.8. The maximum Gasteiger partial charge on any atom is 0.252 e. The Bertz CT molecular complexity index is 878. The first-order valence-corrected chi connectivity index (χ1v) is 9.98. The van der Waals surface area contributed by atoms with Gasteiger partial charge in [-0.3, -0.25) is 9.59 Å². The molecule has 0 fully saturated rings. The quantitative estimate of drug-likeness (QED) is 0.584. The molecule has 2 amide bonds. The summed E-state index contributed by atoms with van der Waals surface area (Å²) in [5.41, 5.74) is 2.81. The van der Waals surface area contributed by atoms with Crippen LogP contribution in [0, 0.1) is 0 Å². The van der Waals surface area contributed by atoms with E-state index in [9.17, 15) is 9.59 Å². The molecule has 0 bridgehead atoms. The van der Waals surface area contributed by atoms with Gasteiger partial charge in [0.1, 0.15) is 12.4 Å². The van der Waals surface area contributed by atoms with Crippen LogP contribution in [0.5, 0.6) is 5.75 Å². The third kappa shape index (κ3) is 6.25. The fourth-order valence-corrected chi connectivity index (χ4v) is 3.19. The van der Waals surface area contributed by atoms with Crippen LogP contribution in [0.25, 0.3) is 0 Å². The number of carbonyl (C=O) groups is 2. The molecule has 0 aliphatic carbocycles. The van der Waals surface area contributed by atoms with Crippen molar-refractivity contribution in [3.05, 3.63) is 88.1 Å². The Morgan fingerprint density at radius 2 is 1.68 bits per heavy atom. The Labute approximate surface area is 168 Å². The number of nitrogens with one attached hydrogen (secondary N) is 2. The number of carbonyl (C=O) groups excluding carboxylic acids is 2. The Hall–Kier alpha value is -3.12. The highest BCUT2D eigenvalue weighted by Gasteiger charge is 2.07. The summed E-state index contributed by atoms with van der Waals surface area (Å²) in [4.78, 5) is 23.6. The Kier molecular flexibility index (Phi) is 7.21. The van der Waals surface area contributed by atoms with Crippen LogP contribution in [0.2, 0.25) is 0 Å². The third-order valence-corrected chi connectivity index (χ3v) is 4.78. The number of rotatable bonds is 9. The Morgan fingerprint density at radius 1 is 0.893 bits per heavy atom. The van der Waals surface area contributed by atoms with Gasteiger partial charge in [0.2, 0.25) is 5.91 Å². The highest BCUT2D eigenvalue weighted by molar-refractivity contribution is 7.08. The first-order chi connectivity index (χ1) is 13.7. The van der Waals surface area contributed by atoms with E-state index in [2.05, 4.69) is 10.6 Å². The van der Waals surface area contributed by atoms with Crippen molar-refractivity contribution in [2.45, 2.75) is 13.0 Å². The van der Waals surface area contributed by atoms with Gasteiger partial charge < -0.3 is 15.4 Å². The summed E-state index contributed by atoms with van der Waals surface area (Å²) in [7, 11) is 0. The standard InChI is InChI=1S/C22H22N2O3S/c25-21(14-24-22(26)19-11-13-28-16-19)23-12-10-17-6-8-20(9-7-17)27-15-18-4-2-1-3-5-18/h1-9,11,13,16H,10,12,14-15H2,(H,23,25)(H,24,26). The van der Waals surface area contributed by atoms with Gasteiger partial charge in [-0.1, -0.05) is 42.5 Å². The lowest BCUT2D eigenvalue weighted by molar-refractivity contribution is -0.120. The predicted molar refractivity (Wildman–Crippen MR) is 111 cm³/mol. The van der Waals surface area contributed by atoms with Crippen LogP contribution in [-0.2, 0) is 17.8 Å². The molecule has 0 radical (unpaired) electrons. The van der Waals surface area contributed by atoms with E-state index in [0.29, 0.717) is 25.1 Å². The first-order valence-electron chi connectivity index (χ1n) is 9.03. The summed E-state index contributed by atoms with van der Waals surface area (Å²) < 4.78 is 5.77. The molecule has 3 rings (SSSR count). The van der Waals surface area contributed by atoms with Crippen LogP contribution < -0.4 is 15.4 Å². The van der Waals surface area contributed by atoms with E-state index in [-0.39, 0.29) is 18.4 Å². The van der Waals surface area contributed by atoms with Gasteiger partial charge in [0.25, 0.3) is 5.91 Å². The zero-order valence-corrected chi connectivity index (χ0v) is 16.2. The van der Waals surface area contributed by atoms with E-state index >= 15 is 0 Å². The topological polar surface area (TPSA) is 67.4 Å². The lowest BCUT2D eigenvalue weighted by atomic mass is 10.1. The second-order valence-corrected chi connectivity index (χ2v) is 6.99. The molecule has 0 aliphatic heterocycles. The molecular formula is C22H22N2O3S. The van der Waals surface area contributed by atoms with Gasteiger partial charge in [0.05, 0.1) is 6.54 Å². The van der Waals surface area contributed by atoms with E-state index < -0.39 is 0 Å². The van der Waals surface area contributed by atoms with Gasteiger partial charge in [-0.05, 0) is 41.1 Å². The maximum absolute atomic E-state index is 11.8. The summed E-state index contributed by atoms with van der Waals surface area (Å²) in [6, 6.07) is 19.6. The van der Waals surface area contributed by atoms with Crippen molar-refractivity contribution in [1.82, 2.24) is 10.6 Å². The molecule has 3 aromatic rings. The average Bonchev–Trinajstić information content (AvgIpc) is 3.27. The number of amides is 2. The molecule has 2 aromatic carbocycles. The largest absolute Gasteiger partial charge is 0.489 e. The molecule has 0 saturated heterocycles. The lowest BCUT2D eigenvalue weighted by Gasteiger charge is -2.08. The van der Waals surface area contributed by atoms with Crippen LogP contribution >= 0.6 is 11.3 Å². The normalized spacial score (nSPS) is 10.3. The van der Waals surface area contributed by atoms with Crippen molar-refractivity contribution in [3.8, 4) is 5.75 Å². The SMILES string of the molecule is O=C(CNC(=O)c1ccsc1)NCCc1ccc(OCc2ccccc2)cc1. The van der Waals surface area contributed by atoms with Gasteiger partial charge in [-0.25, -0.2) is 0 Å². The molecule has 0 unspecified atom stereocenters. The molecule has 0 saturated carbocycles. The fraction of sp³-hybridized carbons (Fsp3) is 0.182. The number of ether oxygens (including phenoxy) is 1. The van der Waals surface area contributed by atoms with Crippen molar-refractivity contribution < 1.29 is 14.3 Å². The van der Waals surface area contributed by atoms with Crippen LogP contribution in [0.3, 0.4) is 0 Å². The van der Waals surface area contributed by atoms with E-state index in [1.807, 2.05) is 60.0 Å². The van der Waals surface area contributed by atoms with Crippen LogP contribution in [0.15, 0.2) is 71.4 Å². The minimum absolute atomic E-state index is 0.0268. The molecule has 144 valence electrons. The second kappa shape index (κ2) is 10.3. The van der Waals surface area contributed by atoms with Gasteiger partial charge in [0, 0.05) is 17.5 Å². The smallest absolute Gasteiger partial charge is 0.252 e. The molecule has 0 spiro atoms. The molecule has 2 N–H and O–H groups in total. The van der Waals surface area contributed by atoms with Crippen LogP contribution in [0.4, 0.5) is 0 Å². The molecule has 0 aliphatic rings. The van der Waals surface area contributed by atoms with Gasteiger partial charge in [-0.15, -0.1) is 0 Å². The van der Waals surface area contributed by atoms with Gasteiger partial charge in [0.15, 0.2) is 0 Å². The van der Waals surface area contributed by atoms with E-state index in [1.54, 1.807) is 11.4 Å². The van der Waals surface area contributed by atoms with Gasteiger partial charge >= 0.3 is 0 Å². The zero-order chi connectivity index (χ0) is 19.6. The minimum Gasteiger partial charge on any atom is -0.489 e. The zero-order valence-electron chi connectivity index (χ0n) is 15.4.